The number of carbonyl (C=O) groups excluding carboxylic acids is 2. The minimum atomic E-state index is -1.20. The molecular weight excluding hydrogens is 232 g/mol. The van der Waals surface area contributed by atoms with Crippen molar-refractivity contribution in [2.75, 3.05) is 0 Å². The van der Waals surface area contributed by atoms with Crippen LogP contribution in [0.5, 0.6) is 0 Å². The number of esters is 1. The van der Waals surface area contributed by atoms with Gasteiger partial charge in [-0.15, -0.1) is 0 Å². The highest BCUT2D eigenvalue weighted by Crippen LogP contribution is 2.35. The molecule has 0 aromatic heterocycles. The third-order valence-corrected chi connectivity index (χ3v) is 3.78. The van der Waals surface area contributed by atoms with Crippen LogP contribution in [0.4, 0.5) is 0 Å². The van der Waals surface area contributed by atoms with Crippen molar-refractivity contribution in [2.45, 2.75) is 59.0 Å². The highest BCUT2D eigenvalue weighted by molar-refractivity contribution is 5.75. The largest absolute Gasteiger partial charge is 0.550 e. The topological polar surface area (TPSA) is 66.4 Å². The second-order valence-corrected chi connectivity index (χ2v) is 5.73. The lowest BCUT2D eigenvalue weighted by Crippen LogP contribution is -2.36. The van der Waals surface area contributed by atoms with Gasteiger partial charge in [0.2, 0.25) is 0 Å². The van der Waals surface area contributed by atoms with Gasteiger partial charge in [-0.05, 0) is 37.0 Å². The van der Waals surface area contributed by atoms with Gasteiger partial charge in [-0.1, -0.05) is 27.2 Å². The van der Waals surface area contributed by atoms with Crippen molar-refractivity contribution in [3.63, 3.8) is 0 Å². The monoisotopic (exact) mass is 255 g/mol. The molecule has 4 nitrogen and oxygen atoms in total. The summed E-state index contributed by atoms with van der Waals surface area (Å²) < 4.78 is 5.46. The summed E-state index contributed by atoms with van der Waals surface area (Å²) in [7, 11) is 0. The van der Waals surface area contributed by atoms with Crippen LogP contribution < -0.4 is 5.11 Å². The molecular formula is C14H23O4-. The van der Waals surface area contributed by atoms with Crippen LogP contribution in [0.15, 0.2) is 0 Å². The predicted molar refractivity (Wildman–Crippen MR) is 65.5 cm³/mol. The number of hydrogen-bond donors (Lipinski definition) is 0. The van der Waals surface area contributed by atoms with Crippen LogP contribution in [-0.2, 0) is 14.3 Å². The molecule has 3 unspecified atom stereocenters. The Morgan fingerprint density at radius 2 is 1.94 bits per heavy atom. The lowest BCUT2D eigenvalue weighted by Gasteiger charge is -2.36. The zero-order valence-corrected chi connectivity index (χ0v) is 11.5. The fourth-order valence-corrected chi connectivity index (χ4v) is 2.68. The maximum atomic E-state index is 11.6. The summed E-state index contributed by atoms with van der Waals surface area (Å²) in [6, 6.07) is 0. The minimum Gasteiger partial charge on any atom is -0.550 e. The van der Waals surface area contributed by atoms with Crippen molar-refractivity contribution >= 4 is 11.9 Å². The number of carboxylic acids is 1. The van der Waals surface area contributed by atoms with E-state index in [-0.39, 0.29) is 18.9 Å². The molecule has 0 N–H and O–H groups in total. The van der Waals surface area contributed by atoms with Gasteiger partial charge in [-0.3, -0.25) is 4.79 Å². The van der Waals surface area contributed by atoms with E-state index in [0.29, 0.717) is 17.8 Å². The van der Waals surface area contributed by atoms with Crippen LogP contribution in [0.3, 0.4) is 0 Å². The maximum absolute atomic E-state index is 11.6. The zero-order valence-electron chi connectivity index (χ0n) is 11.5. The SMILES string of the molecule is CC1CCC(C(C)C)C(OC(=O)CCC(=O)[O-])C1. The summed E-state index contributed by atoms with van der Waals surface area (Å²) in [4.78, 5) is 21.9. The number of aliphatic carboxylic acids is 1. The van der Waals surface area contributed by atoms with Crippen LogP contribution in [0, 0.1) is 17.8 Å². The molecule has 4 heteroatoms. The number of hydrogen-bond acceptors (Lipinski definition) is 4. The molecule has 1 aliphatic rings. The van der Waals surface area contributed by atoms with E-state index in [4.69, 9.17) is 4.74 Å². The highest BCUT2D eigenvalue weighted by Gasteiger charge is 2.33. The van der Waals surface area contributed by atoms with E-state index in [1.54, 1.807) is 0 Å². The second kappa shape index (κ2) is 6.76. The van der Waals surface area contributed by atoms with Crippen LogP contribution in [0.25, 0.3) is 0 Å². The van der Waals surface area contributed by atoms with E-state index in [2.05, 4.69) is 20.8 Å². The van der Waals surface area contributed by atoms with Crippen LogP contribution in [0.1, 0.15) is 52.9 Å². The number of rotatable bonds is 5. The second-order valence-electron chi connectivity index (χ2n) is 5.73. The van der Waals surface area contributed by atoms with Gasteiger partial charge < -0.3 is 14.6 Å². The first-order valence-electron chi connectivity index (χ1n) is 6.79. The first-order valence-corrected chi connectivity index (χ1v) is 6.79. The number of ether oxygens (including phenoxy) is 1. The molecule has 0 radical (unpaired) electrons. The molecule has 1 fully saturated rings. The molecule has 104 valence electrons. The molecule has 1 rings (SSSR count). The van der Waals surface area contributed by atoms with E-state index in [9.17, 15) is 14.7 Å². The van der Waals surface area contributed by atoms with Crippen LogP contribution in [-0.4, -0.2) is 18.0 Å². The fraction of sp³-hybridized carbons (Fsp3) is 0.857. The summed E-state index contributed by atoms with van der Waals surface area (Å²) in [6.07, 6.45) is 2.75. The minimum absolute atomic E-state index is 0.0528. The summed E-state index contributed by atoms with van der Waals surface area (Å²) in [5, 5.41) is 10.3. The normalized spacial score (nSPS) is 28.1. The van der Waals surface area contributed by atoms with Crippen molar-refractivity contribution < 1.29 is 19.4 Å². The number of carbonyl (C=O) groups is 2. The van der Waals surface area contributed by atoms with E-state index < -0.39 is 11.9 Å². The first-order chi connectivity index (χ1) is 8.40. The third kappa shape index (κ3) is 4.67. The summed E-state index contributed by atoms with van der Waals surface area (Å²) in [5.41, 5.74) is 0. The van der Waals surface area contributed by atoms with Crippen molar-refractivity contribution in [1.82, 2.24) is 0 Å². The van der Waals surface area contributed by atoms with Gasteiger partial charge in [0, 0.05) is 5.97 Å². The molecule has 3 atom stereocenters. The lowest BCUT2D eigenvalue weighted by molar-refractivity contribution is -0.305. The molecule has 0 aromatic rings. The molecule has 0 aromatic carbocycles. The lowest BCUT2D eigenvalue weighted by atomic mass is 9.75. The Bertz CT molecular complexity index is 298. The quantitative estimate of drug-likeness (QED) is 0.699. The van der Waals surface area contributed by atoms with Gasteiger partial charge in [0.1, 0.15) is 6.10 Å². The molecule has 0 spiro atoms. The van der Waals surface area contributed by atoms with Crippen molar-refractivity contribution in [2.24, 2.45) is 17.8 Å². The van der Waals surface area contributed by atoms with Gasteiger partial charge in [0.15, 0.2) is 0 Å². The Hall–Kier alpha value is -1.06. The molecule has 0 bridgehead atoms. The van der Waals surface area contributed by atoms with E-state index >= 15 is 0 Å². The average Bonchev–Trinajstić information content (AvgIpc) is 2.26. The molecule has 0 heterocycles. The van der Waals surface area contributed by atoms with Crippen molar-refractivity contribution in [3.8, 4) is 0 Å². The van der Waals surface area contributed by atoms with Crippen LogP contribution >= 0.6 is 0 Å². The summed E-state index contributed by atoms with van der Waals surface area (Å²) in [5.74, 6) is -0.170. The number of carboxylic acid groups (broad SMARTS) is 1. The molecule has 1 saturated carbocycles. The average molecular weight is 255 g/mol. The predicted octanol–water partition coefficient (Wildman–Crippen LogP) is 1.52. The molecule has 0 saturated heterocycles. The van der Waals surface area contributed by atoms with E-state index in [1.807, 2.05) is 0 Å². The van der Waals surface area contributed by atoms with Crippen molar-refractivity contribution in [1.29, 1.82) is 0 Å². The summed E-state index contributed by atoms with van der Waals surface area (Å²) >= 11 is 0. The van der Waals surface area contributed by atoms with E-state index in [0.717, 1.165) is 12.8 Å². The standard InChI is InChI=1S/C14H24O4/c1-9(2)11-5-4-10(3)8-12(11)18-14(17)7-6-13(15)16/h9-12H,4-8H2,1-3H3,(H,15,16)/p-1. The van der Waals surface area contributed by atoms with Gasteiger partial charge in [0.25, 0.3) is 0 Å². The third-order valence-electron chi connectivity index (χ3n) is 3.78. The molecule has 0 amide bonds. The molecule has 1 aliphatic carbocycles. The summed E-state index contributed by atoms with van der Waals surface area (Å²) in [6.45, 7) is 6.45. The van der Waals surface area contributed by atoms with Gasteiger partial charge in [-0.2, -0.15) is 0 Å². The smallest absolute Gasteiger partial charge is 0.306 e. The van der Waals surface area contributed by atoms with Gasteiger partial charge >= 0.3 is 5.97 Å². The Morgan fingerprint density at radius 3 is 2.50 bits per heavy atom. The first kappa shape index (κ1) is 15.0. The maximum Gasteiger partial charge on any atom is 0.306 e. The molecule has 0 aliphatic heterocycles. The Kier molecular flexibility index (Phi) is 5.63. The molecule has 18 heavy (non-hydrogen) atoms. The Labute approximate surface area is 109 Å². The van der Waals surface area contributed by atoms with Gasteiger partial charge in [-0.25, -0.2) is 0 Å². The Morgan fingerprint density at radius 1 is 1.28 bits per heavy atom. The zero-order chi connectivity index (χ0) is 13.7. The fourth-order valence-electron chi connectivity index (χ4n) is 2.68. The highest BCUT2D eigenvalue weighted by atomic mass is 16.5. The van der Waals surface area contributed by atoms with E-state index in [1.165, 1.54) is 6.42 Å². The van der Waals surface area contributed by atoms with Crippen molar-refractivity contribution in [3.05, 3.63) is 0 Å². The Balaban J connectivity index is 2.49. The van der Waals surface area contributed by atoms with Crippen LogP contribution in [0.2, 0.25) is 0 Å². The van der Waals surface area contributed by atoms with Gasteiger partial charge in [0.05, 0.1) is 6.42 Å².